The highest BCUT2D eigenvalue weighted by Gasteiger charge is 2.20. The van der Waals surface area contributed by atoms with Gasteiger partial charge >= 0.3 is 5.97 Å². The van der Waals surface area contributed by atoms with E-state index >= 15 is 0 Å². The van der Waals surface area contributed by atoms with Crippen LogP contribution < -0.4 is 5.32 Å². The molecule has 0 fully saturated rings. The Morgan fingerprint density at radius 3 is 1.31 bits per heavy atom. The molecule has 0 aromatic rings. The lowest BCUT2D eigenvalue weighted by atomic mass is 10.0. The number of esters is 1. The first kappa shape index (κ1) is 57.3. The van der Waals surface area contributed by atoms with Crippen LogP contribution in [0.5, 0.6) is 0 Å². The molecule has 3 N–H and O–H groups in total. The van der Waals surface area contributed by atoms with Crippen LogP contribution >= 0.6 is 0 Å². The van der Waals surface area contributed by atoms with Crippen molar-refractivity contribution in [1.29, 1.82) is 0 Å². The number of hydrogen-bond donors (Lipinski definition) is 3. The topological polar surface area (TPSA) is 95.9 Å². The lowest BCUT2D eigenvalue weighted by Gasteiger charge is -2.22. The summed E-state index contributed by atoms with van der Waals surface area (Å²) in [6, 6.07) is -0.549. The summed E-state index contributed by atoms with van der Waals surface area (Å²) in [5.74, 6) is -0.0625. The molecule has 0 heterocycles. The molecule has 0 saturated carbocycles. The van der Waals surface area contributed by atoms with Crippen LogP contribution in [-0.2, 0) is 14.3 Å². The fourth-order valence-electron chi connectivity index (χ4n) is 7.96. The Morgan fingerprint density at radius 1 is 0.475 bits per heavy atom. The van der Waals surface area contributed by atoms with Crippen LogP contribution in [0.1, 0.15) is 277 Å². The number of nitrogens with one attached hydrogen (secondary N) is 1. The Labute approximate surface area is 367 Å². The predicted molar refractivity (Wildman–Crippen MR) is 255 cm³/mol. The van der Waals surface area contributed by atoms with Crippen molar-refractivity contribution >= 4 is 11.9 Å². The monoisotopic (exact) mass is 832 g/mol. The maximum absolute atomic E-state index is 12.4. The van der Waals surface area contributed by atoms with Gasteiger partial charge in [-0.15, -0.1) is 0 Å². The van der Waals surface area contributed by atoms with Gasteiger partial charge < -0.3 is 20.3 Å². The minimum Gasteiger partial charge on any atom is -0.466 e. The zero-order valence-electron chi connectivity index (χ0n) is 39.5. The Hall–Kier alpha value is -1.66. The third kappa shape index (κ3) is 45.7. The summed E-state index contributed by atoms with van der Waals surface area (Å²) >= 11 is 0. The Morgan fingerprint density at radius 2 is 0.847 bits per heavy atom. The number of carbonyl (C=O) groups is 2. The zero-order valence-corrected chi connectivity index (χ0v) is 39.5. The van der Waals surface area contributed by atoms with Crippen molar-refractivity contribution in [2.75, 3.05) is 13.2 Å². The number of carbonyl (C=O) groups excluding carboxylic acids is 2. The Kier molecular flexibility index (Phi) is 47.6. The van der Waals surface area contributed by atoms with E-state index in [1.165, 1.54) is 186 Å². The average molecular weight is 832 g/mol. The molecule has 0 rings (SSSR count). The summed E-state index contributed by atoms with van der Waals surface area (Å²) in [4.78, 5) is 24.5. The summed E-state index contributed by atoms with van der Waals surface area (Å²) in [7, 11) is 0. The summed E-state index contributed by atoms with van der Waals surface area (Å²) in [5, 5.41) is 23.2. The Balaban J connectivity index is 3.44. The molecule has 348 valence electrons. The van der Waals surface area contributed by atoms with Crippen LogP contribution in [0.25, 0.3) is 0 Å². The van der Waals surface area contributed by atoms with Crippen molar-refractivity contribution < 1.29 is 24.5 Å². The fourth-order valence-corrected chi connectivity index (χ4v) is 7.96. The second-order valence-electron chi connectivity index (χ2n) is 17.9. The minimum atomic E-state index is -0.670. The van der Waals surface area contributed by atoms with Crippen LogP contribution in [0.4, 0.5) is 0 Å². The molecule has 6 nitrogen and oxygen atoms in total. The van der Waals surface area contributed by atoms with Crippen molar-refractivity contribution in [2.45, 2.75) is 289 Å². The molecule has 0 aliphatic heterocycles. The van der Waals surface area contributed by atoms with Gasteiger partial charge in [-0.05, 0) is 57.8 Å². The fraction of sp³-hybridized carbons (Fsp3) is 0.887. The summed E-state index contributed by atoms with van der Waals surface area (Å²) < 4.78 is 5.46. The van der Waals surface area contributed by atoms with Crippen LogP contribution in [0.15, 0.2) is 24.3 Å². The summed E-state index contributed by atoms with van der Waals surface area (Å²) in [5.41, 5.74) is 0. The van der Waals surface area contributed by atoms with Crippen molar-refractivity contribution in [3.63, 3.8) is 0 Å². The van der Waals surface area contributed by atoms with E-state index in [1.54, 1.807) is 0 Å². The van der Waals surface area contributed by atoms with E-state index in [2.05, 4.69) is 43.5 Å². The highest BCUT2D eigenvalue weighted by molar-refractivity contribution is 5.76. The molecule has 1 amide bonds. The van der Waals surface area contributed by atoms with Crippen LogP contribution in [-0.4, -0.2) is 47.4 Å². The van der Waals surface area contributed by atoms with Crippen LogP contribution in [0.3, 0.4) is 0 Å². The smallest absolute Gasteiger partial charge is 0.305 e. The van der Waals surface area contributed by atoms with Gasteiger partial charge in [0.15, 0.2) is 0 Å². The quantitative estimate of drug-likeness (QED) is 0.0322. The standard InChI is InChI=1S/C53H101NO5/c1-3-5-7-9-11-13-15-17-18-19-23-27-31-35-39-43-47-53(58)59-48-44-40-36-32-28-24-21-20-22-26-30-34-38-42-46-52(57)54-50(49-55)51(56)45-41-37-33-29-25-16-14-12-10-8-6-4-2/h13,15,18-19,50-51,55-56H,3-12,14,16-17,20-49H2,1-2H3,(H,54,57)/b15-13-,19-18-. The molecule has 0 radical (unpaired) electrons. The van der Waals surface area contributed by atoms with E-state index in [0.29, 0.717) is 25.9 Å². The first-order chi connectivity index (χ1) is 29.0. The predicted octanol–water partition coefficient (Wildman–Crippen LogP) is 15.5. The van der Waals surface area contributed by atoms with E-state index in [4.69, 9.17) is 4.74 Å². The number of amides is 1. The third-order valence-electron chi connectivity index (χ3n) is 12.0. The molecule has 59 heavy (non-hydrogen) atoms. The maximum Gasteiger partial charge on any atom is 0.305 e. The molecule has 0 saturated heterocycles. The van der Waals surface area contributed by atoms with Gasteiger partial charge in [-0.1, -0.05) is 231 Å². The average Bonchev–Trinajstić information content (AvgIpc) is 3.24. The van der Waals surface area contributed by atoms with Gasteiger partial charge in [0.1, 0.15) is 0 Å². The van der Waals surface area contributed by atoms with Crippen molar-refractivity contribution in [3.8, 4) is 0 Å². The molecular formula is C53H101NO5. The number of aliphatic hydroxyl groups excluding tert-OH is 2. The first-order valence-corrected chi connectivity index (χ1v) is 26.1. The normalized spacial score (nSPS) is 12.8. The minimum absolute atomic E-state index is 0.0158. The third-order valence-corrected chi connectivity index (χ3v) is 12.0. The second kappa shape index (κ2) is 49.0. The lowest BCUT2D eigenvalue weighted by molar-refractivity contribution is -0.143. The molecule has 2 unspecified atom stereocenters. The van der Waals surface area contributed by atoms with Gasteiger partial charge in [0.25, 0.3) is 0 Å². The largest absolute Gasteiger partial charge is 0.466 e. The SMILES string of the molecule is CCCCCC/C=C\C/C=C\CCCCCCCC(=O)OCCCCCCCCCCCCCCCCC(=O)NC(CO)C(O)CCCCCCCCCCCCCC. The van der Waals surface area contributed by atoms with Gasteiger partial charge in [-0.3, -0.25) is 9.59 Å². The summed E-state index contributed by atoms with van der Waals surface area (Å²) in [6.45, 7) is 4.90. The van der Waals surface area contributed by atoms with Crippen molar-refractivity contribution in [3.05, 3.63) is 24.3 Å². The molecule has 2 atom stereocenters. The number of rotatable bonds is 48. The van der Waals surface area contributed by atoms with Crippen LogP contribution in [0, 0.1) is 0 Å². The first-order valence-electron chi connectivity index (χ1n) is 26.1. The van der Waals surface area contributed by atoms with E-state index in [0.717, 1.165) is 57.8 Å². The Bertz CT molecular complexity index is 920. The van der Waals surface area contributed by atoms with Crippen LogP contribution in [0.2, 0.25) is 0 Å². The second-order valence-corrected chi connectivity index (χ2v) is 17.9. The van der Waals surface area contributed by atoms with Crippen molar-refractivity contribution in [2.24, 2.45) is 0 Å². The number of hydrogen-bond acceptors (Lipinski definition) is 5. The number of aliphatic hydroxyl groups is 2. The van der Waals surface area contributed by atoms with E-state index in [9.17, 15) is 19.8 Å². The molecular weight excluding hydrogens is 731 g/mol. The highest BCUT2D eigenvalue weighted by Crippen LogP contribution is 2.16. The molecule has 0 spiro atoms. The van der Waals surface area contributed by atoms with E-state index in [-0.39, 0.29) is 18.5 Å². The highest BCUT2D eigenvalue weighted by atomic mass is 16.5. The van der Waals surface area contributed by atoms with Gasteiger partial charge in [-0.2, -0.15) is 0 Å². The lowest BCUT2D eigenvalue weighted by Crippen LogP contribution is -2.45. The van der Waals surface area contributed by atoms with Crippen molar-refractivity contribution in [1.82, 2.24) is 5.32 Å². The zero-order chi connectivity index (χ0) is 43.0. The number of allylic oxidation sites excluding steroid dienone is 4. The number of unbranched alkanes of at least 4 members (excludes halogenated alkanes) is 33. The molecule has 6 heteroatoms. The van der Waals surface area contributed by atoms with Gasteiger partial charge in [0.2, 0.25) is 5.91 Å². The summed E-state index contributed by atoms with van der Waals surface area (Å²) in [6.07, 6.45) is 57.1. The molecule has 0 aliphatic carbocycles. The van der Waals surface area contributed by atoms with E-state index in [1.807, 2.05) is 0 Å². The molecule has 0 aromatic carbocycles. The van der Waals surface area contributed by atoms with Gasteiger partial charge in [-0.25, -0.2) is 0 Å². The van der Waals surface area contributed by atoms with E-state index < -0.39 is 12.1 Å². The maximum atomic E-state index is 12.4. The molecule has 0 aromatic heterocycles. The van der Waals surface area contributed by atoms with Gasteiger partial charge in [0.05, 0.1) is 25.4 Å². The van der Waals surface area contributed by atoms with Gasteiger partial charge in [0, 0.05) is 12.8 Å². The number of ether oxygens (including phenoxy) is 1. The molecule has 0 bridgehead atoms. The molecule has 0 aliphatic rings.